The number of aromatic nitrogens is 2. The molecule has 1 aliphatic carbocycles. The first-order valence-corrected chi connectivity index (χ1v) is 18.0. The number of anilines is 2. The predicted octanol–water partition coefficient (Wildman–Crippen LogP) is 7.21. The van der Waals surface area contributed by atoms with E-state index < -0.39 is 10.0 Å². The highest BCUT2D eigenvalue weighted by atomic mass is 35.5. The summed E-state index contributed by atoms with van der Waals surface area (Å²) in [4.78, 5) is 12.4. The van der Waals surface area contributed by atoms with Crippen LogP contribution in [0.5, 0.6) is 0 Å². The normalized spacial score (nSPS) is 19.9. The van der Waals surface area contributed by atoms with Crippen molar-refractivity contribution in [3.8, 4) is 0 Å². The van der Waals surface area contributed by atoms with Gasteiger partial charge in [-0.25, -0.2) is 18.1 Å². The van der Waals surface area contributed by atoms with E-state index in [1.54, 1.807) is 0 Å². The van der Waals surface area contributed by atoms with E-state index in [-0.39, 0.29) is 10.8 Å². The summed E-state index contributed by atoms with van der Waals surface area (Å²) in [7, 11) is -3.67. The number of hydrogen-bond donors (Lipinski definition) is 3. The number of nitrogens with zero attached hydrogens (tertiary/aromatic N) is 3. The highest BCUT2D eigenvalue weighted by Crippen LogP contribution is 2.30. The first-order chi connectivity index (χ1) is 21.8. The van der Waals surface area contributed by atoms with Crippen molar-refractivity contribution in [1.29, 1.82) is 0 Å². The molecule has 1 aliphatic heterocycles. The quantitative estimate of drug-likeness (QED) is 0.156. The molecular formula is C34H40Cl2N6O2S. The lowest BCUT2D eigenvalue weighted by Gasteiger charge is -2.33. The second-order valence-corrected chi connectivity index (χ2v) is 15.0. The molecule has 238 valence electrons. The molecule has 2 heterocycles. The number of hydrogen-bond acceptors (Lipinski definition) is 7. The van der Waals surface area contributed by atoms with E-state index >= 15 is 0 Å². The zero-order valence-electron chi connectivity index (χ0n) is 25.3. The molecule has 11 heteroatoms. The van der Waals surface area contributed by atoms with Crippen molar-refractivity contribution in [1.82, 2.24) is 19.6 Å². The van der Waals surface area contributed by atoms with Crippen molar-refractivity contribution in [2.45, 2.75) is 56.0 Å². The van der Waals surface area contributed by atoms with Crippen LogP contribution in [-0.4, -0.2) is 55.5 Å². The Bertz CT molecular complexity index is 1670. The number of para-hydroxylation sites is 1. The average Bonchev–Trinajstić information content (AvgIpc) is 3.04. The Labute approximate surface area is 276 Å². The second kappa shape index (κ2) is 14.6. The third kappa shape index (κ3) is 8.65. The molecule has 1 aromatic heterocycles. The van der Waals surface area contributed by atoms with Crippen LogP contribution in [-0.2, 0) is 16.6 Å². The van der Waals surface area contributed by atoms with E-state index in [1.807, 2.05) is 18.2 Å². The number of nitrogens with one attached hydrogen (secondary N) is 3. The van der Waals surface area contributed by atoms with Gasteiger partial charge < -0.3 is 10.6 Å². The molecule has 2 fully saturated rings. The third-order valence-corrected chi connectivity index (χ3v) is 10.8. The van der Waals surface area contributed by atoms with Crippen molar-refractivity contribution < 1.29 is 8.42 Å². The Hall–Kier alpha value is -2.95. The number of benzene rings is 3. The van der Waals surface area contributed by atoms with Crippen LogP contribution in [0.15, 0.2) is 77.7 Å². The maximum Gasteiger partial charge on any atom is 0.240 e. The van der Waals surface area contributed by atoms with Crippen molar-refractivity contribution in [2.75, 3.05) is 36.8 Å². The van der Waals surface area contributed by atoms with Crippen LogP contribution >= 0.6 is 23.2 Å². The van der Waals surface area contributed by atoms with E-state index in [1.165, 1.54) is 23.8 Å². The highest BCUT2D eigenvalue weighted by Gasteiger charge is 2.25. The lowest BCUT2D eigenvalue weighted by molar-refractivity contribution is 0.211. The number of rotatable bonds is 11. The third-order valence-electron chi connectivity index (χ3n) is 9.00. The minimum Gasteiger partial charge on any atom is -0.367 e. The summed E-state index contributed by atoms with van der Waals surface area (Å²) in [6.45, 7) is 4.29. The molecule has 1 saturated carbocycles. The Morgan fingerprint density at radius 1 is 0.778 bits per heavy atom. The lowest BCUT2D eigenvalue weighted by atomic mass is 9.82. The zero-order chi connectivity index (χ0) is 31.2. The highest BCUT2D eigenvalue weighted by molar-refractivity contribution is 7.89. The van der Waals surface area contributed by atoms with Crippen LogP contribution in [0.1, 0.15) is 44.1 Å². The standard InChI is InChI=1S/C34H40Cl2N6O2S/c35-27-18-28(36)20-30(19-27)45(43,44)38-22-25-12-10-24(11-13-25)21-37-34-40-32-9-5-4-8-31(32)33(41-34)39-29-14-16-42(17-15-29)23-26-6-2-1-3-7-26/h1-9,18-20,24-25,29,38H,10-17,21-23H2,(H2,37,39,40,41)/t24-,25-. The van der Waals surface area contributed by atoms with Gasteiger partial charge in [0.1, 0.15) is 5.82 Å². The molecule has 0 radical (unpaired) electrons. The number of piperidine rings is 1. The monoisotopic (exact) mass is 666 g/mol. The maximum atomic E-state index is 12.8. The van der Waals surface area contributed by atoms with Gasteiger partial charge in [-0.3, -0.25) is 4.90 Å². The van der Waals surface area contributed by atoms with Crippen LogP contribution in [0.2, 0.25) is 10.0 Å². The number of fused-ring (bicyclic) bond motifs is 1. The van der Waals surface area contributed by atoms with E-state index in [0.717, 1.165) is 81.4 Å². The summed E-state index contributed by atoms with van der Waals surface area (Å²) in [5.74, 6) is 2.30. The van der Waals surface area contributed by atoms with E-state index in [2.05, 4.69) is 56.7 Å². The second-order valence-electron chi connectivity index (χ2n) is 12.3. The minimum atomic E-state index is -3.67. The Balaban J connectivity index is 0.997. The van der Waals surface area contributed by atoms with Crippen molar-refractivity contribution >= 4 is 55.9 Å². The van der Waals surface area contributed by atoms with Crippen molar-refractivity contribution in [2.24, 2.45) is 11.8 Å². The number of sulfonamides is 1. The zero-order valence-corrected chi connectivity index (χ0v) is 27.6. The first kappa shape index (κ1) is 32.0. The first-order valence-electron chi connectivity index (χ1n) is 15.8. The molecule has 0 amide bonds. The fourth-order valence-corrected chi connectivity index (χ4v) is 8.25. The molecule has 0 atom stereocenters. The summed E-state index contributed by atoms with van der Waals surface area (Å²) in [5, 5.41) is 8.90. The van der Waals surface area contributed by atoms with Gasteiger partial charge in [-0.05, 0) is 86.3 Å². The van der Waals surface area contributed by atoms with Crippen LogP contribution in [0, 0.1) is 11.8 Å². The number of halogens is 2. The Kier molecular flexibility index (Phi) is 10.4. The van der Waals surface area contributed by atoms with Gasteiger partial charge in [-0.2, -0.15) is 4.98 Å². The van der Waals surface area contributed by atoms with Crippen LogP contribution in [0.25, 0.3) is 10.9 Å². The summed E-state index contributed by atoms with van der Waals surface area (Å²) >= 11 is 12.0. The SMILES string of the molecule is O=S(=O)(NC[C@H]1CC[C@H](CNc2nc(NC3CCN(Cc4ccccc4)CC3)c3ccccc3n2)CC1)c1cc(Cl)cc(Cl)c1. The molecule has 6 rings (SSSR count). The minimum absolute atomic E-state index is 0.0932. The summed E-state index contributed by atoms with van der Waals surface area (Å²) < 4.78 is 28.3. The van der Waals surface area contributed by atoms with Gasteiger partial charge in [-0.1, -0.05) is 65.7 Å². The largest absolute Gasteiger partial charge is 0.367 e. The van der Waals surface area contributed by atoms with Gasteiger partial charge in [0, 0.05) is 54.2 Å². The molecule has 8 nitrogen and oxygen atoms in total. The Morgan fingerprint density at radius 3 is 2.13 bits per heavy atom. The van der Waals surface area contributed by atoms with Gasteiger partial charge >= 0.3 is 0 Å². The molecule has 3 N–H and O–H groups in total. The number of likely N-dealkylation sites (tertiary alicyclic amines) is 1. The molecule has 45 heavy (non-hydrogen) atoms. The summed E-state index contributed by atoms with van der Waals surface area (Å²) in [6, 6.07) is 23.6. The van der Waals surface area contributed by atoms with Gasteiger partial charge in [0.15, 0.2) is 0 Å². The van der Waals surface area contributed by atoms with Crippen molar-refractivity contribution in [3.05, 3.63) is 88.4 Å². The molecule has 0 unspecified atom stereocenters. The molecule has 3 aromatic carbocycles. The van der Waals surface area contributed by atoms with Gasteiger partial charge in [-0.15, -0.1) is 0 Å². The predicted molar refractivity (Wildman–Crippen MR) is 183 cm³/mol. The molecular weight excluding hydrogens is 627 g/mol. The van der Waals surface area contributed by atoms with Crippen molar-refractivity contribution in [3.63, 3.8) is 0 Å². The van der Waals surface area contributed by atoms with Crippen LogP contribution in [0.3, 0.4) is 0 Å². The maximum absolute atomic E-state index is 12.8. The molecule has 2 aliphatic rings. The van der Waals surface area contributed by atoms with Gasteiger partial charge in [0.25, 0.3) is 0 Å². The topological polar surface area (TPSA) is 99.2 Å². The summed E-state index contributed by atoms with van der Waals surface area (Å²) in [6.07, 6.45) is 6.09. The Morgan fingerprint density at radius 2 is 1.42 bits per heavy atom. The molecule has 4 aromatic rings. The van der Waals surface area contributed by atoms with Crippen LogP contribution < -0.4 is 15.4 Å². The smallest absolute Gasteiger partial charge is 0.240 e. The van der Waals surface area contributed by atoms with Gasteiger partial charge in [0.05, 0.1) is 10.4 Å². The van der Waals surface area contributed by atoms with E-state index in [4.69, 9.17) is 33.2 Å². The van der Waals surface area contributed by atoms with E-state index in [9.17, 15) is 8.42 Å². The fraction of sp³-hybridized carbons (Fsp3) is 0.412. The van der Waals surface area contributed by atoms with E-state index in [0.29, 0.717) is 34.5 Å². The lowest BCUT2D eigenvalue weighted by Crippen LogP contribution is -2.38. The molecule has 0 bridgehead atoms. The molecule has 1 saturated heterocycles. The average molecular weight is 668 g/mol. The van der Waals surface area contributed by atoms with Crippen LogP contribution in [0.4, 0.5) is 11.8 Å². The summed E-state index contributed by atoms with van der Waals surface area (Å²) in [5.41, 5.74) is 2.29. The fourth-order valence-electron chi connectivity index (χ4n) is 6.41. The molecule has 0 spiro atoms. The van der Waals surface area contributed by atoms with Gasteiger partial charge in [0.2, 0.25) is 16.0 Å².